The van der Waals surface area contributed by atoms with Gasteiger partial charge in [-0.15, -0.1) is 0 Å². The molecule has 4 heteroatoms. The zero-order chi connectivity index (χ0) is 27.8. The highest BCUT2D eigenvalue weighted by Crippen LogP contribution is 2.71. The minimum absolute atomic E-state index is 0.0178. The Kier molecular flexibility index (Phi) is 7.02. The summed E-state index contributed by atoms with van der Waals surface area (Å²) in [7, 11) is 1.47. The van der Waals surface area contributed by atoms with Crippen molar-refractivity contribution in [3.05, 3.63) is 35.5 Å². The van der Waals surface area contributed by atoms with Crippen molar-refractivity contribution >= 4 is 5.97 Å². The molecule has 4 rings (SSSR count). The smallest absolute Gasteiger partial charge is 0.309 e. The fourth-order valence-electron chi connectivity index (χ4n) is 9.12. The maximum Gasteiger partial charge on any atom is 0.309 e. The SMILES string of the molecule is C=C(CC[C@@H](C(=O)OC)[C@H]1[C@H](O)C[C@@]2(C)C3=CC[C@H]4C(C)(C)[C@H](O)CC[C@]4(C)C3=CC[C@]12C)C(C)(C)C. The van der Waals surface area contributed by atoms with Crippen LogP contribution in [0.2, 0.25) is 0 Å². The quantitative estimate of drug-likeness (QED) is 0.307. The molecule has 4 nitrogen and oxygen atoms in total. The van der Waals surface area contributed by atoms with E-state index in [-0.39, 0.29) is 51.0 Å². The van der Waals surface area contributed by atoms with Crippen LogP contribution < -0.4 is 0 Å². The van der Waals surface area contributed by atoms with E-state index in [9.17, 15) is 15.0 Å². The molecule has 4 aliphatic carbocycles. The Morgan fingerprint density at radius 2 is 1.78 bits per heavy atom. The molecule has 2 N–H and O–H groups in total. The largest absolute Gasteiger partial charge is 0.469 e. The van der Waals surface area contributed by atoms with Crippen LogP contribution in [0.15, 0.2) is 35.5 Å². The average molecular weight is 513 g/mol. The molecular formula is C33H52O4. The Morgan fingerprint density at radius 1 is 1.14 bits per heavy atom. The highest BCUT2D eigenvalue weighted by Gasteiger charge is 2.66. The molecule has 8 atom stereocenters. The number of rotatable bonds is 5. The number of fused-ring (bicyclic) bond motifs is 5. The van der Waals surface area contributed by atoms with Crippen molar-refractivity contribution in [2.75, 3.05) is 7.11 Å². The van der Waals surface area contributed by atoms with Gasteiger partial charge in [0, 0.05) is 11.3 Å². The minimum atomic E-state index is -0.564. The van der Waals surface area contributed by atoms with Crippen molar-refractivity contribution in [3.63, 3.8) is 0 Å². The van der Waals surface area contributed by atoms with Crippen LogP contribution in [0, 0.1) is 44.8 Å². The topological polar surface area (TPSA) is 66.8 Å². The molecule has 0 heterocycles. The fraction of sp³-hybridized carbons (Fsp3) is 0.788. The normalized spacial score (nSPS) is 41.5. The highest BCUT2D eigenvalue weighted by atomic mass is 16.5. The summed E-state index contributed by atoms with van der Waals surface area (Å²) in [5, 5.41) is 22.5. The van der Waals surface area contributed by atoms with Crippen LogP contribution >= 0.6 is 0 Å². The Bertz CT molecular complexity index is 1010. The predicted molar refractivity (Wildman–Crippen MR) is 150 cm³/mol. The number of ether oxygens (including phenoxy) is 1. The molecule has 0 bridgehead atoms. The molecule has 0 unspecified atom stereocenters. The standard InChI is InChI=1S/C33H52O4/c1-20(29(2,3)4)11-12-21(28(36)37-10)27-24(34)19-33(9)23-13-14-25-30(5,6)26(35)16-17-31(25,7)22(23)15-18-32(27,33)8/h13,15,21,24-27,34-35H,1,11-12,14,16-19H2,2-10H3/t21-,24-,25+,26-,27+,31-,32-,33+/m1/s1. The summed E-state index contributed by atoms with van der Waals surface area (Å²) in [4.78, 5) is 13.2. The summed E-state index contributed by atoms with van der Waals surface area (Å²) < 4.78 is 5.34. The van der Waals surface area contributed by atoms with Gasteiger partial charge in [-0.25, -0.2) is 0 Å². The van der Waals surface area contributed by atoms with Crippen molar-refractivity contribution in [2.24, 2.45) is 44.8 Å². The van der Waals surface area contributed by atoms with Crippen molar-refractivity contribution in [3.8, 4) is 0 Å². The van der Waals surface area contributed by atoms with Gasteiger partial charge in [0.15, 0.2) is 0 Å². The number of aliphatic hydroxyl groups is 2. The van der Waals surface area contributed by atoms with E-state index in [1.54, 1.807) is 0 Å². The molecule has 0 radical (unpaired) electrons. The second kappa shape index (κ2) is 9.08. The van der Waals surface area contributed by atoms with E-state index in [2.05, 4.69) is 74.1 Å². The van der Waals surface area contributed by atoms with E-state index in [0.29, 0.717) is 18.8 Å². The third-order valence-electron chi connectivity index (χ3n) is 12.0. The van der Waals surface area contributed by atoms with Gasteiger partial charge in [0.1, 0.15) is 0 Å². The van der Waals surface area contributed by atoms with Crippen molar-refractivity contribution in [2.45, 2.75) is 113 Å². The summed E-state index contributed by atoms with van der Waals surface area (Å²) in [5.41, 5.74) is 3.34. The molecule has 0 amide bonds. The zero-order valence-corrected chi connectivity index (χ0v) is 24.9. The maximum atomic E-state index is 13.2. The molecule has 0 aromatic heterocycles. The second-order valence-electron chi connectivity index (χ2n) is 15.1. The molecule has 0 spiro atoms. The lowest BCUT2D eigenvalue weighted by atomic mass is 9.44. The van der Waals surface area contributed by atoms with Crippen molar-refractivity contribution in [1.29, 1.82) is 0 Å². The molecule has 2 fully saturated rings. The highest BCUT2D eigenvalue weighted by molar-refractivity contribution is 5.73. The number of carbonyl (C=O) groups is 1. The van der Waals surface area contributed by atoms with Crippen LogP contribution in [0.25, 0.3) is 0 Å². The maximum absolute atomic E-state index is 13.2. The summed E-state index contributed by atoms with van der Waals surface area (Å²) in [6.07, 6.45) is 9.71. The second-order valence-corrected chi connectivity index (χ2v) is 15.1. The first-order valence-corrected chi connectivity index (χ1v) is 14.5. The van der Waals surface area contributed by atoms with Crippen molar-refractivity contribution in [1.82, 2.24) is 0 Å². The van der Waals surface area contributed by atoms with Gasteiger partial charge in [0.25, 0.3) is 0 Å². The van der Waals surface area contributed by atoms with Gasteiger partial charge in [0.05, 0.1) is 25.2 Å². The van der Waals surface area contributed by atoms with Gasteiger partial charge in [-0.05, 0) is 83.7 Å². The number of carbonyl (C=O) groups excluding carboxylic acids is 1. The number of allylic oxidation sites excluding steroid dienone is 5. The molecule has 0 saturated heterocycles. The first kappa shape index (κ1) is 28.6. The first-order chi connectivity index (χ1) is 16.9. The van der Waals surface area contributed by atoms with Crippen LogP contribution in [0.1, 0.15) is 100 Å². The minimum Gasteiger partial charge on any atom is -0.469 e. The Labute approximate surface area is 225 Å². The van der Waals surface area contributed by atoms with Crippen LogP contribution in [0.5, 0.6) is 0 Å². The summed E-state index contributed by atoms with van der Waals surface area (Å²) in [5.74, 6) is -0.359. The third kappa shape index (κ3) is 4.11. The lowest BCUT2D eigenvalue weighted by molar-refractivity contribution is -0.152. The molecule has 37 heavy (non-hydrogen) atoms. The van der Waals surface area contributed by atoms with Gasteiger partial charge < -0.3 is 14.9 Å². The number of aliphatic hydroxyl groups excluding tert-OH is 2. The molecular weight excluding hydrogens is 460 g/mol. The molecule has 0 aromatic rings. The van der Waals surface area contributed by atoms with E-state index in [4.69, 9.17) is 4.74 Å². The van der Waals surface area contributed by atoms with Crippen molar-refractivity contribution < 1.29 is 19.7 Å². The van der Waals surface area contributed by atoms with Crippen LogP contribution in [-0.4, -0.2) is 35.5 Å². The molecule has 4 aliphatic rings. The molecule has 0 aromatic carbocycles. The van der Waals surface area contributed by atoms with E-state index in [0.717, 1.165) is 37.7 Å². The van der Waals surface area contributed by atoms with E-state index >= 15 is 0 Å². The van der Waals surface area contributed by atoms with E-state index in [1.807, 2.05) is 0 Å². The van der Waals surface area contributed by atoms with Gasteiger partial charge in [0.2, 0.25) is 0 Å². The zero-order valence-electron chi connectivity index (χ0n) is 24.9. The summed E-state index contributed by atoms with van der Waals surface area (Å²) in [6, 6.07) is 0. The Hall–Kier alpha value is -1.39. The number of methoxy groups -OCH3 is 1. The first-order valence-electron chi connectivity index (χ1n) is 14.5. The van der Waals surface area contributed by atoms with Gasteiger partial charge in [-0.2, -0.15) is 0 Å². The molecule has 2 saturated carbocycles. The number of hydrogen-bond donors (Lipinski definition) is 2. The van der Waals surface area contributed by atoms with E-state index in [1.165, 1.54) is 18.3 Å². The van der Waals surface area contributed by atoms with Crippen LogP contribution in [-0.2, 0) is 9.53 Å². The lowest BCUT2D eigenvalue weighted by Gasteiger charge is -2.61. The number of hydrogen-bond acceptors (Lipinski definition) is 4. The summed E-state index contributed by atoms with van der Waals surface area (Å²) in [6.45, 7) is 22.3. The van der Waals surface area contributed by atoms with Gasteiger partial charge >= 0.3 is 5.97 Å². The Balaban J connectivity index is 1.73. The summed E-state index contributed by atoms with van der Waals surface area (Å²) >= 11 is 0. The van der Waals surface area contributed by atoms with Gasteiger partial charge in [-0.3, -0.25) is 4.79 Å². The third-order valence-corrected chi connectivity index (χ3v) is 12.0. The average Bonchev–Trinajstić information content (AvgIpc) is 3.01. The van der Waals surface area contributed by atoms with Crippen LogP contribution in [0.3, 0.4) is 0 Å². The number of esters is 1. The predicted octanol–water partition coefficient (Wildman–Crippen LogP) is 7.02. The monoisotopic (exact) mass is 512 g/mol. The lowest BCUT2D eigenvalue weighted by Crippen LogP contribution is -2.54. The Morgan fingerprint density at radius 3 is 2.38 bits per heavy atom. The fourth-order valence-corrected chi connectivity index (χ4v) is 9.12. The van der Waals surface area contributed by atoms with Gasteiger partial charge in [-0.1, -0.05) is 79.7 Å². The molecule has 208 valence electrons. The van der Waals surface area contributed by atoms with E-state index < -0.39 is 6.10 Å². The molecule has 0 aliphatic heterocycles. The van der Waals surface area contributed by atoms with Crippen LogP contribution in [0.4, 0.5) is 0 Å².